The predicted molar refractivity (Wildman–Crippen MR) is 92.4 cm³/mol. The maximum absolute atomic E-state index is 12.6. The first kappa shape index (κ1) is 16.8. The lowest BCUT2D eigenvalue weighted by atomic mass is 9.87. The number of amides is 4. The van der Waals surface area contributed by atoms with Gasteiger partial charge in [0.15, 0.2) is 0 Å². The second-order valence-corrected chi connectivity index (χ2v) is 7.58. The average molecular weight is 347 g/mol. The Labute approximate surface area is 145 Å². The summed E-state index contributed by atoms with van der Waals surface area (Å²) in [5.41, 5.74) is 0.374. The molecule has 0 saturated carbocycles. The van der Waals surface area contributed by atoms with E-state index in [0.29, 0.717) is 25.9 Å². The van der Waals surface area contributed by atoms with Crippen LogP contribution >= 0.6 is 11.8 Å². The predicted octanol–water partition coefficient (Wildman–Crippen LogP) is 1.51. The van der Waals surface area contributed by atoms with E-state index in [1.165, 1.54) is 5.56 Å². The SMILES string of the molecule is CC(SCc1ccccc1)C(=O)N1CCC2(CC1)NC(=O)NC2=O. The number of urea groups is 1. The molecule has 2 N–H and O–H groups in total. The van der Waals surface area contributed by atoms with Crippen LogP contribution in [0, 0.1) is 0 Å². The Hall–Kier alpha value is -2.02. The average Bonchev–Trinajstić information content (AvgIpc) is 2.87. The van der Waals surface area contributed by atoms with Crippen LogP contribution in [-0.4, -0.2) is 46.6 Å². The number of hydrogen-bond donors (Lipinski definition) is 2. The number of carbonyl (C=O) groups excluding carboxylic acids is 3. The zero-order valence-corrected chi connectivity index (χ0v) is 14.4. The van der Waals surface area contributed by atoms with Crippen LogP contribution in [0.1, 0.15) is 25.3 Å². The van der Waals surface area contributed by atoms with Gasteiger partial charge < -0.3 is 10.2 Å². The standard InChI is InChI=1S/C17H21N3O3S/c1-12(24-11-13-5-3-2-4-6-13)14(21)20-9-7-17(8-10-20)15(22)18-16(23)19-17/h2-6,12H,7-11H2,1H3,(H2,18,19,22,23). The molecule has 2 aliphatic rings. The number of carbonyl (C=O) groups is 3. The Balaban J connectivity index is 1.51. The van der Waals surface area contributed by atoms with E-state index in [-0.39, 0.29) is 17.1 Å². The van der Waals surface area contributed by atoms with Crippen LogP contribution in [0.15, 0.2) is 30.3 Å². The summed E-state index contributed by atoms with van der Waals surface area (Å²) in [6.45, 7) is 2.90. The van der Waals surface area contributed by atoms with Crippen molar-refractivity contribution in [2.24, 2.45) is 0 Å². The van der Waals surface area contributed by atoms with Gasteiger partial charge in [0.2, 0.25) is 5.91 Å². The van der Waals surface area contributed by atoms with E-state index in [2.05, 4.69) is 22.8 Å². The van der Waals surface area contributed by atoms with Gasteiger partial charge in [0.25, 0.3) is 5.91 Å². The van der Waals surface area contributed by atoms with Gasteiger partial charge in [-0.15, -0.1) is 11.8 Å². The minimum atomic E-state index is -0.825. The van der Waals surface area contributed by atoms with Gasteiger partial charge in [-0.05, 0) is 25.3 Å². The van der Waals surface area contributed by atoms with Crippen LogP contribution in [0.5, 0.6) is 0 Å². The summed E-state index contributed by atoms with van der Waals surface area (Å²) >= 11 is 1.62. The van der Waals surface area contributed by atoms with Gasteiger partial charge >= 0.3 is 6.03 Å². The summed E-state index contributed by atoms with van der Waals surface area (Å²) in [7, 11) is 0. The number of hydrogen-bond acceptors (Lipinski definition) is 4. The van der Waals surface area contributed by atoms with Crippen molar-refractivity contribution in [1.29, 1.82) is 0 Å². The van der Waals surface area contributed by atoms with Crippen molar-refractivity contribution in [3.8, 4) is 0 Å². The number of nitrogens with one attached hydrogen (secondary N) is 2. The number of rotatable bonds is 4. The van der Waals surface area contributed by atoms with E-state index in [9.17, 15) is 14.4 Å². The second kappa shape index (κ2) is 6.84. The lowest BCUT2D eigenvalue weighted by molar-refractivity contribution is -0.135. The van der Waals surface area contributed by atoms with E-state index in [0.717, 1.165) is 5.75 Å². The molecule has 0 aromatic heterocycles. The Morgan fingerprint density at radius 2 is 1.92 bits per heavy atom. The molecule has 6 nitrogen and oxygen atoms in total. The summed E-state index contributed by atoms with van der Waals surface area (Å²) < 4.78 is 0. The number of likely N-dealkylation sites (tertiary alicyclic amines) is 1. The zero-order chi connectivity index (χ0) is 17.2. The van der Waals surface area contributed by atoms with E-state index in [4.69, 9.17) is 0 Å². The third kappa shape index (κ3) is 3.40. The van der Waals surface area contributed by atoms with Crippen LogP contribution in [0.25, 0.3) is 0 Å². The molecule has 2 aliphatic heterocycles. The van der Waals surface area contributed by atoms with Gasteiger partial charge in [-0.25, -0.2) is 4.79 Å². The van der Waals surface area contributed by atoms with Crippen molar-refractivity contribution in [2.75, 3.05) is 13.1 Å². The molecular formula is C17H21N3O3S. The first-order valence-corrected chi connectivity index (χ1v) is 9.13. The Morgan fingerprint density at radius 3 is 2.50 bits per heavy atom. The highest BCUT2D eigenvalue weighted by atomic mass is 32.2. The first-order valence-electron chi connectivity index (χ1n) is 8.08. The molecular weight excluding hydrogens is 326 g/mol. The van der Waals surface area contributed by atoms with Crippen molar-refractivity contribution >= 4 is 29.6 Å². The molecule has 1 spiro atoms. The van der Waals surface area contributed by atoms with Gasteiger partial charge in [0.1, 0.15) is 5.54 Å². The molecule has 24 heavy (non-hydrogen) atoms. The normalized spacial score (nSPS) is 20.6. The molecule has 0 aliphatic carbocycles. The minimum Gasteiger partial charge on any atom is -0.342 e. The molecule has 2 heterocycles. The highest BCUT2D eigenvalue weighted by molar-refractivity contribution is 7.99. The number of nitrogens with zero attached hydrogens (tertiary/aromatic N) is 1. The van der Waals surface area contributed by atoms with E-state index >= 15 is 0 Å². The van der Waals surface area contributed by atoms with Crippen molar-refractivity contribution in [3.05, 3.63) is 35.9 Å². The van der Waals surface area contributed by atoms with Crippen LogP contribution in [0.3, 0.4) is 0 Å². The van der Waals surface area contributed by atoms with Gasteiger partial charge in [0.05, 0.1) is 5.25 Å². The van der Waals surface area contributed by atoms with Gasteiger partial charge in [-0.3, -0.25) is 14.9 Å². The van der Waals surface area contributed by atoms with Gasteiger partial charge in [-0.2, -0.15) is 0 Å². The number of benzene rings is 1. The summed E-state index contributed by atoms with van der Waals surface area (Å²) in [4.78, 5) is 37.7. The quantitative estimate of drug-likeness (QED) is 0.809. The lowest BCUT2D eigenvalue weighted by Gasteiger charge is -2.37. The Bertz CT molecular complexity index is 642. The second-order valence-electron chi connectivity index (χ2n) is 6.25. The maximum Gasteiger partial charge on any atom is 0.322 e. The van der Waals surface area contributed by atoms with Crippen LogP contribution < -0.4 is 10.6 Å². The largest absolute Gasteiger partial charge is 0.342 e. The monoisotopic (exact) mass is 347 g/mol. The molecule has 128 valence electrons. The molecule has 1 aromatic carbocycles. The van der Waals surface area contributed by atoms with Crippen molar-refractivity contribution < 1.29 is 14.4 Å². The number of thioether (sulfide) groups is 1. The zero-order valence-electron chi connectivity index (χ0n) is 13.6. The molecule has 2 saturated heterocycles. The third-order valence-electron chi connectivity index (χ3n) is 4.63. The molecule has 2 fully saturated rings. The van der Waals surface area contributed by atoms with Crippen molar-refractivity contribution in [2.45, 2.75) is 36.3 Å². The van der Waals surface area contributed by atoms with Crippen LogP contribution in [-0.2, 0) is 15.3 Å². The molecule has 3 rings (SSSR count). The fourth-order valence-electron chi connectivity index (χ4n) is 3.11. The van der Waals surface area contributed by atoms with E-state index in [1.54, 1.807) is 16.7 Å². The number of imide groups is 1. The van der Waals surface area contributed by atoms with Crippen molar-refractivity contribution in [3.63, 3.8) is 0 Å². The Kier molecular flexibility index (Phi) is 4.80. The van der Waals surface area contributed by atoms with E-state index in [1.807, 2.05) is 25.1 Å². The highest BCUT2D eigenvalue weighted by Crippen LogP contribution is 2.27. The summed E-state index contributed by atoms with van der Waals surface area (Å²) in [5.74, 6) is 0.617. The van der Waals surface area contributed by atoms with Crippen LogP contribution in [0.2, 0.25) is 0 Å². The molecule has 4 amide bonds. The summed E-state index contributed by atoms with van der Waals surface area (Å²) in [6.07, 6.45) is 0.929. The van der Waals surface area contributed by atoms with E-state index < -0.39 is 11.6 Å². The minimum absolute atomic E-state index is 0.0931. The van der Waals surface area contributed by atoms with Crippen molar-refractivity contribution in [1.82, 2.24) is 15.5 Å². The Morgan fingerprint density at radius 1 is 1.25 bits per heavy atom. The fraction of sp³-hybridized carbons (Fsp3) is 0.471. The fourth-order valence-corrected chi connectivity index (χ4v) is 4.04. The number of piperidine rings is 1. The lowest BCUT2D eigenvalue weighted by Crippen LogP contribution is -2.56. The highest BCUT2D eigenvalue weighted by Gasteiger charge is 2.48. The molecule has 1 atom stereocenters. The molecule has 7 heteroatoms. The molecule has 0 bridgehead atoms. The molecule has 0 radical (unpaired) electrons. The topological polar surface area (TPSA) is 78.5 Å². The smallest absolute Gasteiger partial charge is 0.322 e. The first-order chi connectivity index (χ1) is 11.5. The van der Waals surface area contributed by atoms with Gasteiger partial charge in [0, 0.05) is 18.8 Å². The van der Waals surface area contributed by atoms with Crippen LogP contribution in [0.4, 0.5) is 4.79 Å². The van der Waals surface area contributed by atoms with Gasteiger partial charge in [-0.1, -0.05) is 30.3 Å². The maximum atomic E-state index is 12.6. The summed E-state index contributed by atoms with van der Waals surface area (Å²) in [6, 6.07) is 9.63. The molecule has 1 unspecified atom stereocenters. The third-order valence-corrected chi connectivity index (χ3v) is 5.84. The molecule has 1 aromatic rings. The summed E-state index contributed by atoms with van der Waals surface area (Å²) in [5, 5.41) is 4.86.